The van der Waals surface area contributed by atoms with Crippen LogP contribution in [0.4, 0.5) is 23.7 Å². The number of halogens is 3. The number of alkyl halides is 3. The zero-order valence-electron chi connectivity index (χ0n) is 16.5. The summed E-state index contributed by atoms with van der Waals surface area (Å²) in [6.45, 7) is -0.0619. The monoisotopic (exact) mass is 474 g/mol. The van der Waals surface area contributed by atoms with Crippen molar-refractivity contribution in [1.29, 1.82) is 0 Å². The summed E-state index contributed by atoms with van der Waals surface area (Å²) in [5, 5.41) is 10.2. The van der Waals surface area contributed by atoms with Crippen molar-refractivity contribution in [1.82, 2.24) is 4.90 Å². The third-order valence-electron chi connectivity index (χ3n) is 4.74. The van der Waals surface area contributed by atoms with Gasteiger partial charge in [0, 0.05) is 23.8 Å². The highest BCUT2D eigenvalue weighted by atomic mass is 32.2. The summed E-state index contributed by atoms with van der Waals surface area (Å²) in [5.74, 6) is -0.193. The second kappa shape index (κ2) is 8.58. The molecule has 2 amide bonds. The Bertz CT molecular complexity index is 1280. The molecule has 0 bridgehead atoms. The molecular formula is C22H13F3N2O5S. The maximum atomic E-state index is 12.9. The molecule has 1 aromatic heterocycles. The molecule has 1 saturated heterocycles. The first-order valence-corrected chi connectivity index (χ1v) is 10.2. The van der Waals surface area contributed by atoms with E-state index in [1.165, 1.54) is 54.6 Å². The number of imide groups is 1. The van der Waals surface area contributed by atoms with Gasteiger partial charge in [-0.1, -0.05) is 24.3 Å². The molecule has 0 N–H and O–H groups in total. The number of carbonyl (C=O) groups is 2. The minimum atomic E-state index is -4.49. The SMILES string of the molecule is O=C1S/C(=C\c2ccc(-c3cccc(C(F)(F)F)c3)o2)C(=O)N1Cc1ccc([N+](=O)[O-])cc1. The molecule has 168 valence electrons. The number of carbonyl (C=O) groups excluding carboxylic acids is 2. The number of non-ortho nitro benzene ring substituents is 1. The van der Waals surface area contributed by atoms with Crippen molar-refractivity contribution in [2.45, 2.75) is 12.7 Å². The zero-order chi connectivity index (χ0) is 23.8. The Morgan fingerprint density at radius 3 is 2.45 bits per heavy atom. The van der Waals surface area contributed by atoms with Crippen LogP contribution in [0, 0.1) is 10.1 Å². The van der Waals surface area contributed by atoms with Crippen LogP contribution in [0.5, 0.6) is 0 Å². The van der Waals surface area contributed by atoms with Crippen LogP contribution < -0.4 is 0 Å². The molecule has 0 unspecified atom stereocenters. The molecule has 0 atom stereocenters. The zero-order valence-corrected chi connectivity index (χ0v) is 17.4. The summed E-state index contributed by atoms with van der Waals surface area (Å²) < 4.78 is 44.4. The third-order valence-corrected chi connectivity index (χ3v) is 5.64. The highest BCUT2D eigenvalue weighted by Crippen LogP contribution is 2.35. The summed E-state index contributed by atoms with van der Waals surface area (Å²) in [4.78, 5) is 36.3. The average Bonchev–Trinajstić information content (AvgIpc) is 3.34. The van der Waals surface area contributed by atoms with E-state index in [1.807, 2.05) is 0 Å². The van der Waals surface area contributed by atoms with E-state index >= 15 is 0 Å². The Morgan fingerprint density at radius 2 is 1.79 bits per heavy atom. The molecule has 11 heteroatoms. The molecule has 1 aliphatic heterocycles. The van der Waals surface area contributed by atoms with Crippen molar-refractivity contribution in [3.05, 3.63) is 92.6 Å². The Labute approximate surface area is 188 Å². The number of hydrogen-bond acceptors (Lipinski definition) is 6. The molecule has 0 aliphatic carbocycles. The fourth-order valence-corrected chi connectivity index (χ4v) is 3.92. The van der Waals surface area contributed by atoms with Crippen LogP contribution >= 0.6 is 11.8 Å². The van der Waals surface area contributed by atoms with Crippen LogP contribution in [0.3, 0.4) is 0 Å². The van der Waals surface area contributed by atoms with Gasteiger partial charge in [0.15, 0.2) is 0 Å². The maximum Gasteiger partial charge on any atom is 0.416 e. The summed E-state index contributed by atoms with van der Waals surface area (Å²) in [7, 11) is 0. The van der Waals surface area contributed by atoms with Gasteiger partial charge in [-0.3, -0.25) is 24.6 Å². The number of nitro benzene ring substituents is 1. The highest BCUT2D eigenvalue weighted by molar-refractivity contribution is 8.18. The van der Waals surface area contributed by atoms with Crippen molar-refractivity contribution in [2.75, 3.05) is 0 Å². The van der Waals surface area contributed by atoms with E-state index in [9.17, 15) is 32.9 Å². The van der Waals surface area contributed by atoms with Crippen LogP contribution in [-0.4, -0.2) is 21.0 Å². The quantitative estimate of drug-likeness (QED) is 0.252. The fourth-order valence-electron chi connectivity index (χ4n) is 3.11. The number of nitrogens with zero attached hydrogens (tertiary/aromatic N) is 2. The molecule has 1 aliphatic rings. The Morgan fingerprint density at radius 1 is 1.06 bits per heavy atom. The maximum absolute atomic E-state index is 12.9. The lowest BCUT2D eigenvalue weighted by atomic mass is 10.1. The average molecular weight is 474 g/mol. The van der Waals surface area contributed by atoms with E-state index in [0.717, 1.165) is 17.0 Å². The van der Waals surface area contributed by atoms with E-state index in [0.29, 0.717) is 17.3 Å². The standard InChI is InChI=1S/C22H13F3N2O5S/c23-22(24,25)15-3-1-2-14(10-15)18-9-8-17(32-18)11-19-20(28)26(21(29)33-19)12-13-4-6-16(7-5-13)27(30)31/h1-11H,12H2/b19-11-. The van der Waals surface area contributed by atoms with E-state index < -0.39 is 27.8 Å². The summed E-state index contributed by atoms with van der Waals surface area (Å²) >= 11 is 0.696. The van der Waals surface area contributed by atoms with Gasteiger partial charge in [0.25, 0.3) is 16.8 Å². The smallest absolute Gasteiger partial charge is 0.416 e. The first kappa shape index (κ1) is 22.3. The molecule has 0 spiro atoms. The predicted octanol–water partition coefficient (Wildman–Crippen LogP) is 6.11. The lowest BCUT2D eigenvalue weighted by Gasteiger charge is -2.12. The summed E-state index contributed by atoms with van der Waals surface area (Å²) in [6, 6.07) is 13.1. The van der Waals surface area contributed by atoms with Crippen LogP contribution in [0.25, 0.3) is 17.4 Å². The van der Waals surface area contributed by atoms with Gasteiger partial charge < -0.3 is 4.42 Å². The van der Waals surface area contributed by atoms with Gasteiger partial charge >= 0.3 is 6.18 Å². The fraction of sp³-hybridized carbons (Fsp3) is 0.0909. The normalized spacial score (nSPS) is 15.5. The van der Waals surface area contributed by atoms with Gasteiger partial charge in [-0.05, 0) is 41.6 Å². The summed E-state index contributed by atoms with van der Waals surface area (Å²) in [6.07, 6.45) is -3.15. The molecule has 2 aromatic carbocycles. The number of thioether (sulfide) groups is 1. The number of furan rings is 1. The molecule has 2 heterocycles. The second-order valence-corrected chi connectivity index (χ2v) is 7.97. The lowest BCUT2D eigenvalue weighted by Crippen LogP contribution is -2.27. The van der Waals surface area contributed by atoms with Crippen molar-refractivity contribution in [3.63, 3.8) is 0 Å². The van der Waals surface area contributed by atoms with E-state index in [4.69, 9.17) is 4.42 Å². The number of hydrogen-bond donors (Lipinski definition) is 0. The highest BCUT2D eigenvalue weighted by Gasteiger charge is 2.35. The lowest BCUT2D eigenvalue weighted by molar-refractivity contribution is -0.384. The Hall–Kier alpha value is -3.86. The number of nitro groups is 1. The van der Waals surface area contributed by atoms with Crippen LogP contribution in [-0.2, 0) is 17.5 Å². The Balaban J connectivity index is 1.51. The van der Waals surface area contributed by atoms with Gasteiger partial charge in [-0.25, -0.2) is 0 Å². The molecular weight excluding hydrogens is 461 g/mol. The van der Waals surface area contributed by atoms with Crippen LogP contribution in [0.2, 0.25) is 0 Å². The molecule has 4 rings (SSSR count). The van der Waals surface area contributed by atoms with Gasteiger partial charge in [-0.15, -0.1) is 0 Å². The molecule has 7 nitrogen and oxygen atoms in total. The largest absolute Gasteiger partial charge is 0.457 e. The molecule has 1 fully saturated rings. The minimum Gasteiger partial charge on any atom is -0.457 e. The minimum absolute atomic E-state index is 0.0619. The van der Waals surface area contributed by atoms with Gasteiger partial charge in [0.1, 0.15) is 11.5 Å². The number of rotatable bonds is 5. The van der Waals surface area contributed by atoms with Crippen molar-refractivity contribution < 1.29 is 32.1 Å². The third kappa shape index (κ3) is 4.82. The first-order chi connectivity index (χ1) is 15.6. The van der Waals surface area contributed by atoms with E-state index in [2.05, 4.69) is 0 Å². The second-order valence-electron chi connectivity index (χ2n) is 6.97. The molecule has 33 heavy (non-hydrogen) atoms. The molecule has 0 radical (unpaired) electrons. The van der Waals surface area contributed by atoms with E-state index in [-0.39, 0.29) is 34.2 Å². The van der Waals surface area contributed by atoms with Crippen LogP contribution in [0.15, 0.2) is 70.0 Å². The van der Waals surface area contributed by atoms with Gasteiger partial charge in [-0.2, -0.15) is 13.2 Å². The van der Waals surface area contributed by atoms with E-state index in [1.54, 1.807) is 0 Å². The van der Waals surface area contributed by atoms with Gasteiger partial charge in [0.2, 0.25) is 0 Å². The van der Waals surface area contributed by atoms with Crippen molar-refractivity contribution in [2.24, 2.45) is 0 Å². The number of amides is 2. The first-order valence-electron chi connectivity index (χ1n) is 9.38. The topological polar surface area (TPSA) is 93.7 Å². The van der Waals surface area contributed by atoms with Gasteiger partial charge in [0.05, 0.1) is 21.9 Å². The summed E-state index contributed by atoms with van der Waals surface area (Å²) in [5.41, 5.74) is -0.169. The van der Waals surface area contributed by atoms with Crippen molar-refractivity contribution >= 4 is 34.7 Å². The van der Waals surface area contributed by atoms with Crippen LogP contribution in [0.1, 0.15) is 16.9 Å². The molecule has 0 saturated carbocycles. The van der Waals surface area contributed by atoms with Crippen molar-refractivity contribution in [3.8, 4) is 11.3 Å². The molecule has 3 aromatic rings. The number of benzene rings is 2. The Kier molecular flexibility index (Phi) is 5.81. The predicted molar refractivity (Wildman–Crippen MR) is 114 cm³/mol.